The molecule has 5 rings (SSSR count). The van der Waals surface area contributed by atoms with Gasteiger partial charge < -0.3 is 8.83 Å². The van der Waals surface area contributed by atoms with Gasteiger partial charge in [0.15, 0.2) is 10.8 Å². The van der Waals surface area contributed by atoms with E-state index in [4.69, 9.17) is 21.1 Å². The van der Waals surface area contributed by atoms with Crippen molar-refractivity contribution >= 4 is 61.8 Å². The number of carbonyl (C=O) groups excluding carboxylic acids is 1. The number of carbonyl (C=O) groups is 1. The van der Waals surface area contributed by atoms with Crippen molar-refractivity contribution in [2.24, 2.45) is 0 Å². The van der Waals surface area contributed by atoms with E-state index < -0.39 is 0 Å². The molecule has 0 aliphatic carbocycles. The van der Waals surface area contributed by atoms with Crippen LogP contribution in [0.2, 0.25) is 0 Å². The largest absolute Gasteiger partial charge is 0.467 e. The highest BCUT2D eigenvalue weighted by Gasteiger charge is 2.32. The van der Waals surface area contributed by atoms with Crippen LogP contribution in [0.15, 0.2) is 68.5 Å². The molecule has 4 aromatic rings. The number of thiazole rings is 1. The first-order valence-corrected chi connectivity index (χ1v) is 10.4. The monoisotopic (exact) mass is 424 g/mol. The van der Waals surface area contributed by atoms with Crippen LogP contribution in [0.5, 0.6) is 0 Å². The number of fused-ring (bicyclic) bond motifs is 1. The number of thioether (sulfide) groups is 1. The highest BCUT2D eigenvalue weighted by molar-refractivity contribution is 8.26. The number of hydrogen-bond donors (Lipinski definition) is 0. The van der Waals surface area contributed by atoms with Gasteiger partial charge in [-0.1, -0.05) is 36.1 Å². The quantitative estimate of drug-likeness (QED) is 0.316. The third-order valence-corrected chi connectivity index (χ3v) is 6.60. The Bertz CT molecular complexity index is 1190. The van der Waals surface area contributed by atoms with Gasteiger partial charge in [0.05, 0.1) is 27.9 Å². The fraction of sp³-hybridized carbons (Fsp3) is 0.0500. The number of para-hydroxylation sites is 1. The molecule has 0 atom stereocenters. The predicted octanol–water partition coefficient (Wildman–Crippen LogP) is 5.55. The number of aromatic nitrogens is 1. The van der Waals surface area contributed by atoms with Gasteiger partial charge in [0, 0.05) is 6.08 Å². The fourth-order valence-corrected chi connectivity index (χ4v) is 5.01. The molecule has 8 heteroatoms. The molecule has 1 aliphatic heterocycles. The second-order valence-corrected chi connectivity index (χ2v) is 8.74. The summed E-state index contributed by atoms with van der Waals surface area (Å²) in [4.78, 5) is 19.4. The molecule has 4 heterocycles. The zero-order chi connectivity index (χ0) is 19.1. The number of thiocarbonyl (C=S) groups is 1. The van der Waals surface area contributed by atoms with Crippen molar-refractivity contribution in [3.05, 3.63) is 71.2 Å². The van der Waals surface area contributed by atoms with E-state index >= 15 is 0 Å². The molecule has 0 saturated carbocycles. The van der Waals surface area contributed by atoms with Gasteiger partial charge in [-0.25, -0.2) is 4.98 Å². The Morgan fingerprint density at radius 3 is 2.86 bits per heavy atom. The Hall–Kier alpha value is -2.68. The van der Waals surface area contributed by atoms with E-state index in [2.05, 4.69) is 4.98 Å². The maximum Gasteiger partial charge on any atom is 0.266 e. The van der Waals surface area contributed by atoms with Gasteiger partial charge in [-0.3, -0.25) is 9.69 Å². The maximum atomic E-state index is 12.7. The van der Waals surface area contributed by atoms with Crippen LogP contribution in [0, 0.1) is 0 Å². The topological polar surface area (TPSA) is 59.5 Å². The van der Waals surface area contributed by atoms with Gasteiger partial charge in [-0.2, -0.15) is 0 Å². The molecule has 0 bridgehead atoms. The van der Waals surface area contributed by atoms with E-state index in [-0.39, 0.29) is 5.91 Å². The van der Waals surface area contributed by atoms with E-state index in [1.54, 1.807) is 29.7 Å². The summed E-state index contributed by atoms with van der Waals surface area (Å²) in [6.07, 6.45) is 3.30. The standard InChI is InChI=1S/C20H12N2O3S3/c23-19-17(28-20(26)22(19)11-13-4-3-9-24-13)10-12-7-8-15(25-12)18-21-14-5-1-2-6-16(14)27-18/h1-10H,11H2/b17-10-. The molecule has 138 valence electrons. The summed E-state index contributed by atoms with van der Waals surface area (Å²) in [6.45, 7) is 0.324. The van der Waals surface area contributed by atoms with Crippen LogP contribution < -0.4 is 0 Å². The first kappa shape index (κ1) is 17.4. The molecular weight excluding hydrogens is 412 g/mol. The SMILES string of the molecule is O=C1/C(=C/c2ccc(-c3nc4ccccc4s3)o2)SC(=S)N1Cc1ccco1. The minimum absolute atomic E-state index is 0.149. The van der Waals surface area contributed by atoms with Gasteiger partial charge in [-0.05, 0) is 36.4 Å². The number of hydrogen-bond acceptors (Lipinski definition) is 7. The van der Waals surface area contributed by atoms with Gasteiger partial charge in [0.1, 0.15) is 15.8 Å². The van der Waals surface area contributed by atoms with E-state index in [0.717, 1.165) is 15.2 Å². The highest BCUT2D eigenvalue weighted by atomic mass is 32.2. The normalized spacial score (nSPS) is 16.0. The number of amides is 1. The second-order valence-electron chi connectivity index (χ2n) is 6.04. The predicted molar refractivity (Wildman–Crippen MR) is 115 cm³/mol. The summed E-state index contributed by atoms with van der Waals surface area (Å²) in [5.41, 5.74) is 0.944. The molecule has 0 spiro atoms. The average molecular weight is 425 g/mol. The van der Waals surface area contributed by atoms with Crippen molar-refractivity contribution in [2.75, 3.05) is 0 Å². The first-order valence-electron chi connectivity index (χ1n) is 8.41. The van der Waals surface area contributed by atoms with Crippen molar-refractivity contribution in [3.8, 4) is 10.8 Å². The van der Waals surface area contributed by atoms with Crippen LogP contribution in [0.25, 0.3) is 27.1 Å². The molecule has 3 aromatic heterocycles. The summed E-state index contributed by atoms with van der Waals surface area (Å²) in [5.74, 6) is 1.81. The number of furan rings is 2. The van der Waals surface area contributed by atoms with Crippen molar-refractivity contribution < 1.29 is 13.6 Å². The van der Waals surface area contributed by atoms with Crippen LogP contribution in [-0.4, -0.2) is 20.1 Å². The Morgan fingerprint density at radius 1 is 1.14 bits per heavy atom. The zero-order valence-corrected chi connectivity index (χ0v) is 16.8. The Labute approximate surface area is 173 Å². The maximum absolute atomic E-state index is 12.7. The smallest absolute Gasteiger partial charge is 0.266 e. The molecule has 1 aliphatic rings. The van der Waals surface area contributed by atoms with E-state index in [1.807, 2.05) is 42.5 Å². The molecule has 28 heavy (non-hydrogen) atoms. The summed E-state index contributed by atoms with van der Waals surface area (Å²) >= 11 is 8.18. The molecule has 0 N–H and O–H groups in total. The first-order chi connectivity index (χ1) is 13.7. The minimum Gasteiger partial charge on any atom is -0.467 e. The van der Waals surface area contributed by atoms with Crippen molar-refractivity contribution in [1.29, 1.82) is 0 Å². The average Bonchev–Trinajstić information content (AvgIpc) is 3.47. The molecule has 0 radical (unpaired) electrons. The Balaban J connectivity index is 1.39. The molecule has 5 nitrogen and oxygen atoms in total. The van der Waals surface area contributed by atoms with Crippen LogP contribution in [0.4, 0.5) is 0 Å². The number of benzene rings is 1. The van der Waals surface area contributed by atoms with Crippen molar-refractivity contribution in [3.63, 3.8) is 0 Å². The third kappa shape index (κ3) is 3.19. The van der Waals surface area contributed by atoms with Gasteiger partial charge in [0.2, 0.25) is 0 Å². The molecule has 0 unspecified atom stereocenters. The lowest BCUT2D eigenvalue weighted by Crippen LogP contribution is -2.27. The van der Waals surface area contributed by atoms with Crippen molar-refractivity contribution in [1.82, 2.24) is 9.88 Å². The fourth-order valence-electron chi connectivity index (χ4n) is 2.85. The lowest BCUT2D eigenvalue weighted by atomic mass is 10.3. The molecular formula is C20H12N2O3S3. The minimum atomic E-state index is -0.149. The van der Waals surface area contributed by atoms with Crippen LogP contribution in [0.3, 0.4) is 0 Å². The van der Waals surface area contributed by atoms with E-state index in [0.29, 0.717) is 33.1 Å². The van der Waals surface area contributed by atoms with Gasteiger partial charge in [0.25, 0.3) is 5.91 Å². The summed E-state index contributed by atoms with van der Waals surface area (Å²) in [6, 6.07) is 15.3. The lowest BCUT2D eigenvalue weighted by Gasteiger charge is -2.11. The van der Waals surface area contributed by atoms with Crippen molar-refractivity contribution in [2.45, 2.75) is 6.54 Å². The lowest BCUT2D eigenvalue weighted by molar-refractivity contribution is -0.122. The second kappa shape index (κ2) is 7.05. The Kier molecular flexibility index (Phi) is 4.38. The number of nitrogens with zero attached hydrogens (tertiary/aromatic N) is 2. The molecule has 1 aromatic carbocycles. The zero-order valence-electron chi connectivity index (χ0n) is 14.3. The van der Waals surface area contributed by atoms with Gasteiger partial charge in [-0.15, -0.1) is 11.3 Å². The van der Waals surface area contributed by atoms with Crippen LogP contribution in [0.1, 0.15) is 11.5 Å². The molecule has 1 saturated heterocycles. The van der Waals surface area contributed by atoms with E-state index in [9.17, 15) is 4.79 Å². The van der Waals surface area contributed by atoms with Gasteiger partial charge >= 0.3 is 0 Å². The third-order valence-electron chi connectivity index (χ3n) is 4.17. The van der Waals surface area contributed by atoms with E-state index in [1.165, 1.54) is 16.7 Å². The molecule has 1 fully saturated rings. The summed E-state index contributed by atoms with van der Waals surface area (Å²) < 4.78 is 12.8. The summed E-state index contributed by atoms with van der Waals surface area (Å²) in [7, 11) is 0. The highest BCUT2D eigenvalue weighted by Crippen LogP contribution is 2.35. The van der Waals surface area contributed by atoms with Crippen LogP contribution in [-0.2, 0) is 11.3 Å². The number of rotatable bonds is 4. The summed E-state index contributed by atoms with van der Waals surface area (Å²) in [5, 5.41) is 0.811. The van der Waals surface area contributed by atoms with Crippen LogP contribution >= 0.6 is 35.3 Å². The Morgan fingerprint density at radius 2 is 2.04 bits per heavy atom. The molecule has 1 amide bonds.